The molecule has 178 valence electrons. The molecule has 2 aromatic carbocycles. The molecule has 0 N–H and O–H groups in total. The maximum absolute atomic E-state index is 14.1. The fourth-order valence-electron chi connectivity index (χ4n) is 4.61. The number of benzene rings is 2. The van der Waals surface area contributed by atoms with Gasteiger partial charge >= 0.3 is 6.03 Å². The molecule has 3 atom stereocenters. The molecule has 7 heteroatoms. The molecular weight excluding hydrogens is 448 g/mol. The van der Waals surface area contributed by atoms with E-state index in [0.717, 1.165) is 23.7 Å². The molecule has 33 heavy (non-hydrogen) atoms. The van der Waals surface area contributed by atoms with Crippen LogP contribution in [0.5, 0.6) is 0 Å². The van der Waals surface area contributed by atoms with Gasteiger partial charge in [0, 0.05) is 0 Å². The Balaban J connectivity index is 2.07. The lowest BCUT2D eigenvalue weighted by molar-refractivity contribution is -0.159. The topological polar surface area (TPSA) is 46.6 Å². The highest BCUT2D eigenvalue weighted by Gasteiger charge is 2.59. The quantitative estimate of drug-likeness (QED) is 0.199. The molecular formula is C26H36N2O3SSi. The predicted molar refractivity (Wildman–Crippen MR) is 139 cm³/mol. The normalized spacial score (nSPS) is 20.8. The van der Waals surface area contributed by atoms with Gasteiger partial charge in [-0.15, -0.1) is 0 Å². The summed E-state index contributed by atoms with van der Waals surface area (Å²) in [5, 5.41) is 0. The average Bonchev–Trinajstić information content (AvgIpc) is 2.83. The second-order valence-electron chi connectivity index (χ2n) is 9.74. The van der Waals surface area contributed by atoms with Gasteiger partial charge in [0.1, 0.15) is 11.7 Å². The molecule has 5 nitrogen and oxygen atoms in total. The van der Waals surface area contributed by atoms with Crippen LogP contribution < -0.4 is 3.89 Å². The first-order valence-corrected chi connectivity index (χ1v) is 14.7. The lowest BCUT2D eigenvalue weighted by Crippen LogP contribution is -2.73. The molecule has 0 bridgehead atoms. The summed E-state index contributed by atoms with van der Waals surface area (Å²) in [4.78, 5) is 29.1. The first-order chi connectivity index (χ1) is 15.6. The van der Waals surface area contributed by atoms with Crippen molar-refractivity contribution in [2.24, 2.45) is 0 Å². The summed E-state index contributed by atoms with van der Waals surface area (Å²) in [6, 6.07) is 21.0. The first-order valence-electron chi connectivity index (χ1n) is 11.8. The average molecular weight is 485 g/mol. The number of nitrogens with zero attached hydrogens (tertiary/aromatic N) is 2. The summed E-state index contributed by atoms with van der Waals surface area (Å²) < 4.78 is 6.22. The lowest BCUT2D eigenvalue weighted by atomic mass is 9.90. The fourth-order valence-corrected chi connectivity index (χ4v) is 7.59. The van der Waals surface area contributed by atoms with Crippen LogP contribution in [0.3, 0.4) is 0 Å². The summed E-state index contributed by atoms with van der Waals surface area (Å²) in [7, 11) is -2.07. The number of amides is 3. The highest BCUT2D eigenvalue weighted by molar-refractivity contribution is 7.59. The molecule has 0 radical (unpaired) electrons. The van der Waals surface area contributed by atoms with Crippen molar-refractivity contribution < 1.29 is 14.0 Å². The van der Waals surface area contributed by atoms with Crippen LogP contribution in [0.1, 0.15) is 53.1 Å². The van der Waals surface area contributed by atoms with Crippen LogP contribution in [-0.4, -0.2) is 36.8 Å². The van der Waals surface area contributed by atoms with Crippen molar-refractivity contribution in [3.8, 4) is 0 Å². The van der Waals surface area contributed by atoms with E-state index in [1.165, 1.54) is 4.90 Å². The Kier molecular flexibility index (Phi) is 7.58. The third-order valence-electron chi connectivity index (χ3n) is 7.04. The zero-order valence-corrected chi connectivity index (χ0v) is 22.4. The third-order valence-corrected chi connectivity index (χ3v) is 12.6. The lowest BCUT2D eigenvalue weighted by Gasteiger charge is -2.56. The van der Waals surface area contributed by atoms with Gasteiger partial charge in [0.05, 0.1) is 5.54 Å². The minimum absolute atomic E-state index is 0.284. The van der Waals surface area contributed by atoms with Crippen molar-refractivity contribution in [2.75, 3.05) is 0 Å². The van der Waals surface area contributed by atoms with Gasteiger partial charge in [-0.05, 0) is 56.6 Å². The molecule has 1 heterocycles. The van der Waals surface area contributed by atoms with Crippen LogP contribution >= 0.6 is 0 Å². The molecule has 0 spiro atoms. The zero-order valence-electron chi connectivity index (χ0n) is 20.6. The molecule has 0 aromatic heterocycles. The van der Waals surface area contributed by atoms with Crippen LogP contribution in [0.15, 0.2) is 60.7 Å². The van der Waals surface area contributed by atoms with Crippen LogP contribution in [0.2, 0.25) is 18.1 Å². The Bertz CT molecular complexity index is 968. The number of urea groups is 1. The van der Waals surface area contributed by atoms with E-state index in [4.69, 9.17) is 17.2 Å². The fraction of sp³-hybridized carbons (Fsp3) is 0.462. The van der Waals surface area contributed by atoms with E-state index in [2.05, 4.69) is 20.8 Å². The molecule has 1 aliphatic rings. The van der Waals surface area contributed by atoms with Crippen molar-refractivity contribution in [3.05, 3.63) is 66.2 Å². The molecule has 1 fully saturated rings. The number of imide groups is 1. The highest BCUT2D eigenvalue weighted by atomic mass is 32.1. The highest BCUT2D eigenvalue weighted by Crippen LogP contribution is 2.44. The first kappa shape index (κ1) is 25.7. The number of para-hydroxylation sites is 1. The van der Waals surface area contributed by atoms with Crippen LogP contribution in [0.4, 0.5) is 10.5 Å². The summed E-state index contributed by atoms with van der Waals surface area (Å²) in [6.45, 7) is 12.2. The van der Waals surface area contributed by atoms with Gasteiger partial charge in [0.15, 0.2) is 14.4 Å². The third kappa shape index (κ3) is 4.44. The van der Waals surface area contributed by atoms with Gasteiger partial charge in [-0.1, -0.05) is 69.3 Å². The van der Waals surface area contributed by atoms with Crippen molar-refractivity contribution >= 4 is 38.8 Å². The van der Waals surface area contributed by atoms with Gasteiger partial charge in [0.25, 0.3) is 5.91 Å². The Morgan fingerprint density at radius 3 is 1.91 bits per heavy atom. The van der Waals surface area contributed by atoms with Crippen molar-refractivity contribution in [1.29, 1.82) is 0 Å². The molecule has 3 rings (SSSR count). The van der Waals surface area contributed by atoms with E-state index >= 15 is 0 Å². The van der Waals surface area contributed by atoms with Crippen molar-refractivity contribution in [3.63, 3.8) is 0 Å². The number of β-lactam (4-membered cyclic amide) rings is 1. The molecule has 1 aliphatic heterocycles. The van der Waals surface area contributed by atoms with Gasteiger partial charge in [-0.2, -0.15) is 0 Å². The molecule has 1 saturated heterocycles. The maximum atomic E-state index is 14.1. The SMILES string of the molecule is CC[Si](CC)(CC)O[C@H]1C(=O)N(C(=O)[N+]([S-])(c2ccccc2)C(C)(C)C)[C@H]1c1ccccc1. The largest absolute Gasteiger partial charge is 0.476 e. The summed E-state index contributed by atoms with van der Waals surface area (Å²) in [5.41, 5.74) is 0.925. The zero-order chi connectivity index (χ0) is 24.4. The maximum Gasteiger partial charge on any atom is 0.414 e. The van der Waals surface area contributed by atoms with Crippen LogP contribution in [-0.2, 0) is 22.0 Å². The van der Waals surface area contributed by atoms with Gasteiger partial charge in [-0.25, -0.2) is 9.69 Å². The standard InChI is InChI=1S/C26H36N2O3SSi/c1-7-33(8-2,9-3)31-23-22(20-16-12-10-13-17-20)27(24(23)29)25(30)28(32,26(4,5)6)21-18-14-11-15-19-21/h10-19,22-23H,7-9H2,1-6H3/t22-,23+,28?/m0/s1. The minimum Gasteiger partial charge on any atom is -0.476 e. The van der Waals surface area contributed by atoms with E-state index in [1.54, 1.807) is 0 Å². The van der Waals surface area contributed by atoms with Crippen LogP contribution in [0, 0.1) is 0 Å². The van der Waals surface area contributed by atoms with E-state index < -0.39 is 35.9 Å². The summed E-state index contributed by atoms with van der Waals surface area (Å²) in [5.74, 6) is -0.284. The Morgan fingerprint density at radius 1 is 0.970 bits per heavy atom. The van der Waals surface area contributed by atoms with Crippen molar-refractivity contribution in [2.45, 2.75) is 77.4 Å². The second-order valence-corrected chi connectivity index (χ2v) is 15.0. The number of carbonyl (C=O) groups is 2. The minimum atomic E-state index is -2.07. The molecule has 3 amide bonds. The van der Waals surface area contributed by atoms with E-state index in [-0.39, 0.29) is 5.91 Å². The Morgan fingerprint density at radius 2 is 1.45 bits per heavy atom. The number of hydrogen-bond acceptors (Lipinski definition) is 4. The van der Waals surface area contributed by atoms with Gasteiger partial charge < -0.3 is 21.1 Å². The van der Waals surface area contributed by atoms with Gasteiger partial charge in [0.2, 0.25) is 0 Å². The monoisotopic (exact) mass is 484 g/mol. The number of carbonyl (C=O) groups excluding carboxylic acids is 2. The summed E-state index contributed by atoms with van der Waals surface area (Å²) >= 11 is 6.04. The Labute approximate surface area is 205 Å². The Hall–Kier alpha value is -1.93. The van der Waals surface area contributed by atoms with E-state index in [0.29, 0.717) is 5.69 Å². The molecule has 1 unspecified atom stereocenters. The number of rotatable bonds is 7. The molecule has 0 saturated carbocycles. The molecule has 2 aromatic rings. The van der Waals surface area contributed by atoms with E-state index in [9.17, 15) is 9.59 Å². The van der Waals surface area contributed by atoms with Gasteiger partial charge in [-0.3, -0.25) is 4.79 Å². The predicted octanol–water partition coefficient (Wildman–Crippen LogP) is 6.35. The van der Waals surface area contributed by atoms with Crippen LogP contribution in [0.25, 0.3) is 0 Å². The summed E-state index contributed by atoms with van der Waals surface area (Å²) in [6.07, 6.45) is -0.651. The number of quaternary nitrogens is 1. The van der Waals surface area contributed by atoms with Crippen molar-refractivity contribution in [1.82, 2.24) is 8.79 Å². The number of hydrogen-bond donors (Lipinski definition) is 0. The van der Waals surface area contributed by atoms with E-state index in [1.807, 2.05) is 81.4 Å². The second kappa shape index (κ2) is 9.74. The molecule has 0 aliphatic carbocycles. The number of likely N-dealkylation sites (tertiary alicyclic amines) is 1. The smallest absolute Gasteiger partial charge is 0.414 e.